The first-order chi connectivity index (χ1) is 17.6. The van der Waals surface area contributed by atoms with Gasteiger partial charge in [-0.3, -0.25) is 4.79 Å². The largest absolute Gasteiger partial charge is 0.497 e. The van der Waals surface area contributed by atoms with E-state index >= 15 is 0 Å². The molecule has 0 aliphatic heterocycles. The molecule has 0 unspecified atom stereocenters. The number of benzene rings is 3. The topological polar surface area (TPSA) is 55.8 Å². The number of ether oxygens (including phenoxy) is 2. The van der Waals surface area contributed by atoms with Crippen LogP contribution in [0, 0.1) is 11.2 Å². The fourth-order valence-electron chi connectivity index (χ4n) is 5.07. The minimum Gasteiger partial charge on any atom is -0.497 e. The molecule has 0 fully saturated rings. The maximum atomic E-state index is 14.9. The number of carboxylic acids is 1. The fraction of sp³-hybridized carbons (Fsp3) is 0.406. The Kier molecular flexibility index (Phi) is 9.73. The zero-order chi connectivity index (χ0) is 27.0. The molecule has 0 saturated heterocycles. The number of carbonyl (C=O) groups is 1. The van der Waals surface area contributed by atoms with Crippen molar-refractivity contribution in [3.8, 4) is 22.6 Å². The number of carboxylic acid groups (broad SMARTS) is 1. The van der Waals surface area contributed by atoms with E-state index in [1.54, 1.807) is 19.2 Å². The van der Waals surface area contributed by atoms with Crippen LogP contribution in [-0.4, -0.2) is 18.2 Å². The predicted molar refractivity (Wildman–Crippen MR) is 147 cm³/mol. The summed E-state index contributed by atoms with van der Waals surface area (Å²) < 4.78 is 26.4. The minimum absolute atomic E-state index is 0.123. The second-order valence-corrected chi connectivity index (χ2v) is 10.5. The Morgan fingerprint density at radius 1 is 0.973 bits per heavy atom. The third-order valence-corrected chi connectivity index (χ3v) is 6.70. The van der Waals surface area contributed by atoms with Crippen LogP contribution in [0.15, 0.2) is 54.6 Å². The lowest BCUT2D eigenvalue weighted by molar-refractivity contribution is -0.134. The van der Waals surface area contributed by atoms with Crippen molar-refractivity contribution in [1.29, 1.82) is 0 Å². The Balaban J connectivity index is 0.000000886. The zero-order valence-corrected chi connectivity index (χ0v) is 22.7. The SMILES string of the molecule is CC(=O)O.CCCC(C)(C)Cc1cc(COc2ccc3c(c2)CCC3)ccc1-c1cc(OC)ccc1F. The van der Waals surface area contributed by atoms with E-state index in [0.29, 0.717) is 17.9 Å². The summed E-state index contributed by atoms with van der Waals surface area (Å²) in [5.41, 5.74) is 6.75. The Bertz CT molecular complexity index is 1210. The molecule has 0 spiro atoms. The van der Waals surface area contributed by atoms with Crippen molar-refractivity contribution in [2.45, 2.75) is 72.8 Å². The lowest BCUT2D eigenvalue weighted by Crippen LogP contribution is -2.15. The van der Waals surface area contributed by atoms with Crippen LogP contribution < -0.4 is 9.47 Å². The van der Waals surface area contributed by atoms with E-state index in [1.807, 2.05) is 6.07 Å². The first-order valence-corrected chi connectivity index (χ1v) is 13.0. The molecule has 0 radical (unpaired) electrons. The molecule has 0 saturated carbocycles. The van der Waals surface area contributed by atoms with Crippen molar-refractivity contribution in [2.75, 3.05) is 7.11 Å². The van der Waals surface area contributed by atoms with Gasteiger partial charge in [-0.1, -0.05) is 51.5 Å². The molecular formula is C32H39FO4. The van der Waals surface area contributed by atoms with Crippen molar-refractivity contribution in [2.24, 2.45) is 5.41 Å². The van der Waals surface area contributed by atoms with Gasteiger partial charge in [-0.15, -0.1) is 0 Å². The van der Waals surface area contributed by atoms with Gasteiger partial charge in [0.05, 0.1) is 7.11 Å². The highest BCUT2D eigenvalue weighted by atomic mass is 19.1. The smallest absolute Gasteiger partial charge is 0.300 e. The summed E-state index contributed by atoms with van der Waals surface area (Å²) in [5, 5.41) is 7.42. The summed E-state index contributed by atoms with van der Waals surface area (Å²) in [6.45, 7) is 8.37. The monoisotopic (exact) mass is 506 g/mol. The molecular weight excluding hydrogens is 467 g/mol. The van der Waals surface area contributed by atoms with Gasteiger partial charge in [-0.2, -0.15) is 0 Å². The zero-order valence-electron chi connectivity index (χ0n) is 22.7. The van der Waals surface area contributed by atoms with Gasteiger partial charge in [0.1, 0.15) is 23.9 Å². The summed E-state index contributed by atoms with van der Waals surface area (Å²) in [4.78, 5) is 9.00. The second kappa shape index (κ2) is 12.8. The average molecular weight is 507 g/mol. The fourth-order valence-corrected chi connectivity index (χ4v) is 5.07. The lowest BCUT2D eigenvalue weighted by atomic mass is 9.79. The van der Waals surface area contributed by atoms with Crippen LogP contribution >= 0.6 is 0 Å². The molecule has 1 N–H and O–H groups in total. The van der Waals surface area contributed by atoms with Crippen molar-refractivity contribution in [1.82, 2.24) is 0 Å². The van der Waals surface area contributed by atoms with Crippen LogP contribution in [0.25, 0.3) is 11.1 Å². The maximum absolute atomic E-state index is 14.9. The minimum atomic E-state index is -0.833. The van der Waals surface area contributed by atoms with E-state index in [9.17, 15) is 4.39 Å². The molecule has 0 heterocycles. The van der Waals surface area contributed by atoms with Crippen LogP contribution in [0.3, 0.4) is 0 Å². The number of rotatable bonds is 9. The van der Waals surface area contributed by atoms with E-state index < -0.39 is 5.97 Å². The molecule has 37 heavy (non-hydrogen) atoms. The van der Waals surface area contributed by atoms with Gasteiger partial charge >= 0.3 is 0 Å². The highest BCUT2D eigenvalue weighted by Crippen LogP contribution is 2.36. The van der Waals surface area contributed by atoms with Gasteiger partial charge in [0, 0.05) is 12.5 Å². The standard InChI is InChI=1S/C30H35FO2.C2H4O2/c1-5-15-30(2,3)19-24-16-21(20-33-26-11-10-22-7-6-8-23(22)17-26)9-13-27(24)28-18-25(32-4)12-14-29(28)31;1-2(3)4/h9-14,16-18H,5-8,15,19-20H2,1-4H3;1H3,(H,3,4). The number of aliphatic carboxylic acids is 1. The Morgan fingerprint density at radius 3 is 2.38 bits per heavy atom. The van der Waals surface area contributed by atoms with Crippen LogP contribution in [0.5, 0.6) is 11.5 Å². The van der Waals surface area contributed by atoms with Crippen LogP contribution in [0.4, 0.5) is 4.39 Å². The van der Waals surface area contributed by atoms with Crippen molar-refractivity contribution in [3.05, 3.63) is 82.7 Å². The molecule has 1 aliphatic carbocycles. The summed E-state index contributed by atoms with van der Waals surface area (Å²) in [7, 11) is 1.61. The van der Waals surface area contributed by atoms with E-state index in [0.717, 1.165) is 55.0 Å². The summed E-state index contributed by atoms with van der Waals surface area (Å²) >= 11 is 0. The predicted octanol–water partition coefficient (Wildman–Crippen LogP) is 8.03. The third kappa shape index (κ3) is 8.08. The Hall–Kier alpha value is -3.34. The van der Waals surface area contributed by atoms with Crippen molar-refractivity contribution < 1.29 is 23.8 Å². The first kappa shape index (κ1) is 28.2. The summed E-state index contributed by atoms with van der Waals surface area (Å²) in [5.74, 6) is 0.521. The second-order valence-electron chi connectivity index (χ2n) is 10.5. The Morgan fingerprint density at radius 2 is 1.68 bits per heavy atom. The van der Waals surface area contributed by atoms with Crippen LogP contribution in [0.2, 0.25) is 0 Å². The molecule has 0 amide bonds. The number of hydrogen-bond acceptors (Lipinski definition) is 3. The Labute approximate surface area is 220 Å². The van der Waals surface area contributed by atoms with Gasteiger partial charge in [0.15, 0.2) is 0 Å². The number of fused-ring (bicyclic) bond motifs is 1. The first-order valence-electron chi connectivity index (χ1n) is 13.0. The van der Waals surface area contributed by atoms with E-state index in [-0.39, 0.29) is 11.2 Å². The van der Waals surface area contributed by atoms with Gasteiger partial charge in [0.2, 0.25) is 0 Å². The maximum Gasteiger partial charge on any atom is 0.300 e. The van der Waals surface area contributed by atoms with Gasteiger partial charge < -0.3 is 14.6 Å². The molecule has 5 heteroatoms. The number of methoxy groups -OCH3 is 1. The van der Waals surface area contributed by atoms with E-state index in [2.05, 4.69) is 51.1 Å². The average Bonchev–Trinajstić information content (AvgIpc) is 3.31. The molecule has 0 bridgehead atoms. The van der Waals surface area contributed by atoms with Crippen LogP contribution in [0.1, 0.15) is 69.2 Å². The molecule has 1 aliphatic rings. The van der Waals surface area contributed by atoms with Crippen LogP contribution in [-0.2, 0) is 30.7 Å². The summed E-state index contributed by atoms with van der Waals surface area (Å²) in [6, 6.07) is 17.7. The van der Waals surface area contributed by atoms with Gasteiger partial charge in [-0.25, -0.2) is 4.39 Å². The number of halogens is 1. The molecule has 0 atom stereocenters. The number of hydrogen-bond donors (Lipinski definition) is 1. The molecule has 198 valence electrons. The quantitative estimate of drug-likeness (QED) is 0.319. The number of aryl methyl sites for hydroxylation is 2. The molecule has 0 aromatic heterocycles. The highest BCUT2D eigenvalue weighted by molar-refractivity contribution is 5.70. The van der Waals surface area contributed by atoms with Crippen molar-refractivity contribution in [3.63, 3.8) is 0 Å². The highest BCUT2D eigenvalue weighted by Gasteiger charge is 2.21. The normalized spacial score (nSPS) is 12.4. The molecule has 4 rings (SSSR count). The summed E-state index contributed by atoms with van der Waals surface area (Å²) in [6.07, 6.45) is 6.66. The van der Waals surface area contributed by atoms with E-state index in [1.165, 1.54) is 30.0 Å². The van der Waals surface area contributed by atoms with Gasteiger partial charge in [-0.05, 0) is 95.7 Å². The molecule has 4 nitrogen and oxygen atoms in total. The lowest BCUT2D eigenvalue weighted by Gasteiger charge is -2.26. The van der Waals surface area contributed by atoms with E-state index in [4.69, 9.17) is 19.4 Å². The van der Waals surface area contributed by atoms with Crippen molar-refractivity contribution >= 4 is 5.97 Å². The molecule has 3 aromatic carbocycles. The van der Waals surface area contributed by atoms with Gasteiger partial charge in [0.25, 0.3) is 5.97 Å². The molecule has 3 aromatic rings. The third-order valence-electron chi connectivity index (χ3n) is 6.70.